The molecule has 1 aliphatic rings. The van der Waals surface area contributed by atoms with Gasteiger partial charge in [0.05, 0.1) is 14.2 Å². The number of amides is 1. The van der Waals surface area contributed by atoms with Crippen LogP contribution >= 0.6 is 0 Å². The number of likely N-dealkylation sites (tertiary alicyclic amines) is 1. The van der Waals surface area contributed by atoms with Gasteiger partial charge in [0, 0.05) is 25.6 Å². The zero-order valence-corrected chi connectivity index (χ0v) is 16.8. The quantitative estimate of drug-likeness (QED) is 0.640. The van der Waals surface area contributed by atoms with E-state index in [1.165, 1.54) is 5.56 Å². The third kappa shape index (κ3) is 5.26. The predicted molar refractivity (Wildman–Crippen MR) is 111 cm³/mol. The molecule has 0 saturated carbocycles. The van der Waals surface area contributed by atoms with Gasteiger partial charge in [-0.2, -0.15) is 0 Å². The molecule has 1 saturated heterocycles. The summed E-state index contributed by atoms with van der Waals surface area (Å²) in [6.07, 6.45) is 3.43. The molecule has 1 aliphatic heterocycles. The van der Waals surface area contributed by atoms with E-state index in [1.54, 1.807) is 14.2 Å². The van der Waals surface area contributed by atoms with Gasteiger partial charge in [0.2, 0.25) is 5.91 Å². The molecule has 5 heteroatoms. The van der Waals surface area contributed by atoms with Gasteiger partial charge >= 0.3 is 0 Å². The molecule has 1 atom stereocenters. The van der Waals surface area contributed by atoms with Crippen LogP contribution in [0.15, 0.2) is 48.5 Å². The lowest BCUT2D eigenvalue weighted by atomic mass is 10.1. The molecule has 28 heavy (non-hydrogen) atoms. The number of nitrogens with one attached hydrogen (secondary N) is 1. The number of carbonyl (C=O) groups excluding carboxylic acids is 1. The molecule has 0 unspecified atom stereocenters. The minimum Gasteiger partial charge on any atom is -0.493 e. The number of hydrogen-bond acceptors (Lipinski definition) is 4. The molecule has 1 N–H and O–H groups in total. The zero-order valence-electron chi connectivity index (χ0n) is 16.8. The molecule has 150 valence electrons. The second-order valence-corrected chi connectivity index (χ2v) is 7.17. The Morgan fingerprint density at radius 1 is 1.04 bits per heavy atom. The van der Waals surface area contributed by atoms with E-state index in [1.807, 2.05) is 24.3 Å². The average molecular weight is 383 g/mol. The Labute approximate surface area is 167 Å². The molecule has 5 nitrogen and oxygen atoms in total. The van der Waals surface area contributed by atoms with Crippen LogP contribution in [0.5, 0.6) is 11.5 Å². The smallest absolute Gasteiger partial charge is 0.222 e. The van der Waals surface area contributed by atoms with Crippen molar-refractivity contribution < 1.29 is 14.3 Å². The number of hydrogen-bond donors (Lipinski definition) is 1. The van der Waals surface area contributed by atoms with E-state index in [9.17, 15) is 4.79 Å². The third-order valence-corrected chi connectivity index (χ3v) is 5.37. The highest BCUT2D eigenvalue weighted by atomic mass is 16.5. The van der Waals surface area contributed by atoms with Crippen molar-refractivity contribution in [3.05, 3.63) is 59.7 Å². The van der Waals surface area contributed by atoms with E-state index >= 15 is 0 Å². The van der Waals surface area contributed by atoms with Gasteiger partial charge < -0.3 is 19.7 Å². The standard InChI is InChI=1S/C23H30N2O3/c1-27-21-10-8-18(16-22(21)28-2)13-15-25-20(9-11-23(25)26)12-14-24-17-19-6-4-3-5-7-19/h3-8,10,16,20,24H,9,11-15,17H2,1-2H3/t20-/m0/s1. The summed E-state index contributed by atoms with van der Waals surface area (Å²) >= 11 is 0. The van der Waals surface area contributed by atoms with Gasteiger partial charge in [-0.25, -0.2) is 0 Å². The molecule has 1 fully saturated rings. The summed E-state index contributed by atoms with van der Waals surface area (Å²) in [4.78, 5) is 14.4. The fourth-order valence-electron chi connectivity index (χ4n) is 3.78. The van der Waals surface area contributed by atoms with E-state index in [4.69, 9.17) is 9.47 Å². The number of carbonyl (C=O) groups is 1. The first kappa shape index (κ1) is 20.2. The number of methoxy groups -OCH3 is 2. The fraction of sp³-hybridized carbons (Fsp3) is 0.435. The van der Waals surface area contributed by atoms with E-state index < -0.39 is 0 Å². The Morgan fingerprint density at radius 3 is 2.57 bits per heavy atom. The number of ether oxygens (including phenoxy) is 2. The Hall–Kier alpha value is -2.53. The van der Waals surface area contributed by atoms with E-state index in [0.717, 1.165) is 56.0 Å². The van der Waals surface area contributed by atoms with Crippen LogP contribution in [-0.4, -0.2) is 44.2 Å². The second-order valence-electron chi connectivity index (χ2n) is 7.17. The van der Waals surface area contributed by atoms with Gasteiger partial charge in [0.1, 0.15) is 0 Å². The van der Waals surface area contributed by atoms with Crippen molar-refractivity contribution in [2.45, 2.75) is 38.3 Å². The molecule has 2 aromatic carbocycles. The van der Waals surface area contributed by atoms with Crippen LogP contribution < -0.4 is 14.8 Å². The van der Waals surface area contributed by atoms with E-state index in [0.29, 0.717) is 12.5 Å². The van der Waals surface area contributed by atoms with Crippen LogP contribution in [0.1, 0.15) is 30.4 Å². The van der Waals surface area contributed by atoms with E-state index in [-0.39, 0.29) is 5.91 Å². The van der Waals surface area contributed by atoms with Crippen LogP contribution in [0, 0.1) is 0 Å². The Morgan fingerprint density at radius 2 is 1.82 bits per heavy atom. The topological polar surface area (TPSA) is 50.8 Å². The number of rotatable bonds is 10. The Kier molecular flexibility index (Phi) is 7.31. The second kappa shape index (κ2) is 10.1. The fourth-order valence-corrected chi connectivity index (χ4v) is 3.78. The lowest BCUT2D eigenvalue weighted by molar-refractivity contribution is -0.129. The van der Waals surface area contributed by atoms with Crippen molar-refractivity contribution in [2.75, 3.05) is 27.3 Å². The maximum Gasteiger partial charge on any atom is 0.222 e. The van der Waals surface area contributed by atoms with Crippen molar-refractivity contribution in [1.82, 2.24) is 10.2 Å². The first-order valence-electron chi connectivity index (χ1n) is 9.96. The summed E-state index contributed by atoms with van der Waals surface area (Å²) in [5, 5.41) is 3.50. The van der Waals surface area contributed by atoms with Crippen LogP contribution in [0.2, 0.25) is 0 Å². The molecular formula is C23H30N2O3. The normalized spacial score (nSPS) is 16.4. The first-order chi connectivity index (χ1) is 13.7. The first-order valence-corrected chi connectivity index (χ1v) is 9.96. The van der Waals surface area contributed by atoms with Crippen molar-refractivity contribution in [3.8, 4) is 11.5 Å². The minimum atomic E-state index is 0.272. The van der Waals surface area contributed by atoms with Gasteiger partial charge in [0.25, 0.3) is 0 Å². The maximum atomic E-state index is 12.3. The number of nitrogens with zero attached hydrogens (tertiary/aromatic N) is 1. The molecule has 0 bridgehead atoms. The molecule has 0 radical (unpaired) electrons. The largest absolute Gasteiger partial charge is 0.493 e. The summed E-state index contributed by atoms with van der Waals surface area (Å²) in [7, 11) is 3.28. The number of benzene rings is 2. The molecular weight excluding hydrogens is 352 g/mol. The highest BCUT2D eigenvalue weighted by Gasteiger charge is 2.29. The predicted octanol–water partition coefficient (Wildman–Crippen LogP) is 3.42. The Balaban J connectivity index is 1.48. The van der Waals surface area contributed by atoms with Crippen molar-refractivity contribution in [2.24, 2.45) is 0 Å². The monoisotopic (exact) mass is 382 g/mol. The lowest BCUT2D eigenvalue weighted by Crippen LogP contribution is -2.36. The summed E-state index contributed by atoms with van der Waals surface area (Å²) in [6.45, 7) is 2.53. The highest BCUT2D eigenvalue weighted by molar-refractivity contribution is 5.78. The lowest BCUT2D eigenvalue weighted by Gasteiger charge is -2.25. The van der Waals surface area contributed by atoms with E-state index in [2.05, 4.69) is 34.5 Å². The van der Waals surface area contributed by atoms with Crippen LogP contribution in [0.4, 0.5) is 0 Å². The molecule has 1 amide bonds. The molecule has 0 aromatic heterocycles. The summed E-state index contributed by atoms with van der Waals surface area (Å²) < 4.78 is 10.7. The molecule has 0 spiro atoms. The third-order valence-electron chi connectivity index (χ3n) is 5.37. The maximum absolute atomic E-state index is 12.3. The van der Waals surface area contributed by atoms with Crippen molar-refractivity contribution in [1.29, 1.82) is 0 Å². The molecule has 2 aromatic rings. The minimum absolute atomic E-state index is 0.272. The van der Waals surface area contributed by atoms with Gasteiger partial charge in [0.15, 0.2) is 11.5 Å². The van der Waals surface area contributed by atoms with Gasteiger partial charge in [-0.3, -0.25) is 4.79 Å². The van der Waals surface area contributed by atoms with Crippen LogP contribution in [0.25, 0.3) is 0 Å². The molecule has 1 heterocycles. The van der Waals surface area contributed by atoms with Gasteiger partial charge in [-0.15, -0.1) is 0 Å². The summed E-state index contributed by atoms with van der Waals surface area (Å²) in [6, 6.07) is 16.7. The van der Waals surface area contributed by atoms with Gasteiger partial charge in [-0.05, 0) is 49.1 Å². The molecule has 0 aliphatic carbocycles. The SMILES string of the molecule is COc1ccc(CCN2C(=O)CC[C@H]2CCNCc2ccccc2)cc1OC. The average Bonchev–Trinajstić information content (AvgIpc) is 3.09. The summed E-state index contributed by atoms with van der Waals surface area (Å²) in [5.41, 5.74) is 2.44. The Bertz CT molecular complexity index is 764. The highest BCUT2D eigenvalue weighted by Crippen LogP contribution is 2.28. The summed E-state index contributed by atoms with van der Waals surface area (Å²) in [5.74, 6) is 1.73. The van der Waals surface area contributed by atoms with Crippen LogP contribution in [-0.2, 0) is 17.8 Å². The van der Waals surface area contributed by atoms with Crippen molar-refractivity contribution in [3.63, 3.8) is 0 Å². The van der Waals surface area contributed by atoms with Crippen LogP contribution in [0.3, 0.4) is 0 Å². The van der Waals surface area contributed by atoms with Crippen molar-refractivity contribution >= 4 is 5.91 Å². The zero-order chi connectivity index (χ0) is 19.8. The molecule has 3 rings (SSSR count). The van der Waals surface area contributed by atoms with Gasteiger partial charge in [-0.1, -0.05) is 36.4 Å².